The lowest BCUT2D eigenvalue weighted by atomic mass is 9.95. The number of anilines is 1. The van der Waals surface area contributed by atoms with Crippen molar-refractivity contribution in [1.82, 2.24) is 9.55 Å². The van der Waals surface area contributed by atoms with Gasteiger partial charge in [0.2, 0.25) is 0 Å². The largest absolute Gasteiger partial charge is 0.381 e. The molecule has 3 nitrogen and oxygen atoms in total. The fourth-order valence-corrected chi connectivity index (χ4v) is 4.90. The van der Waals surface area contributed by atoms with Gasteiger partial charge in [0.25, 0.3) is 0 Å². The van der Waals surface area contributed by atoms with E-state index in [4.69, 9.17) is 4.98 Å². The van der Waals surface area contributed by atoms with E-state index in [9.17, 15) is 0 Å². The van der Waals surface area contributed by atoms with Gasteiger partial charge in [0.1, 0.15) is 11.3 Å². The van der Waals surface area contributed by atoms with Crippen molar-refractivity contribution in [3.8, 4) is 11.4 Å². The highest BCUT2D eigenvalue weighted by Gasteiger charge is 2.19. The number of benzene rings is 3. The minimum Gasteiger partial charge on any atom is -0.381 e. The van der Waals surface area contributed by atoms with Gasteiger partial charge in [-0.25, -0.2) is 4.98 Å². The molecule has 0 aliphatic heterocycles. The number of hydrogen-bond acceptors (Lipinski definition) is 2. The normalized spacial score (nSPS) is 15.1. The van der Waals surface area contributed by atoms with Crippen molar-refractivity contribution in [3.63, 3.8) is 0 Å². The first-order valence-corrected chi connectivity index (χ1v) is 11.6. The Morgan fingerprint density at radius 3 is 2.60 bits per heavy atom. The summed E-state index contributed by atoms with van der Waals surface area (Å²) in [4.78, 5) is 5.25. The molecular formula is C27H31N3. The molecule has 0 spiro atoms. The number of rotatable bonds is 6. The van der Waals surface area contributed by atoms with E-state index in [0.29, 0.717) is 6.04 Å². The van der Waals surface area contributed by atoms with Crippen molar-refractivity contribution in [1.29, 1.82) is 0 Å². The molecule has 0 atom stereocenters. The molecule has 154 valence electrons. The number of nitrogens with one attached hydrogen (secondary N) is 1. The molecular weight excluding hydrogens is 366 g/mol. The zero-order valence-electron chi connectivity index (χ0n) is 17.9. The van der Waals surface area contributed by atoms with Gasteiger partial charge in [0.15, 0.2) is 0 Å². The summed E-state index contributed by atoms with van der Waals surface area (Å²) in [6, 6.07) is 22.4. The van der Waals surface area contributed by atoms with Crippen LogP contribution >= 0.6 is 0 Å². The first-order chi connectivity index (χ1) is 14.8. The van der Waals surface area contributed by atoms with E-state index >= 15 is 0 Å². The van der Waals surface area contributed by atoms with Gasteiger partial charge in [-0.05, 0) is 42.2 Å². The van der Waals surface area contributed by atoms with Gasteiger partial charge in [-0.2, -0.15) is 0 Å². The summed E-state index contributed by atoms with van der Waals surface area (Å²) in [6.07, 6.45) is 8.91. The lowest BCUT2D eigenvalue weighted by molar-refractivity contribution is 0.463. The second kappa shape index (κ2) is 8.51. The third kappa shape index (κ3) is 3.58. The number of para-hydroxylation sites is 1. The average molecular weight is 398 g/mol. The van der Waals surface area contributed by atoms with E-state index in [1.807, 2.05) is 0 Å². The second-order valence-corrected chi connectivity index (χ2v) is 8.62. The van der Waals surface area contributed by atoms with Crippen LogP contribution in [-0.4, -0.2) is 15.6 Å². The number of imidazole rings is 1. The van der Waals surface area contributed by atoms with E-state index in [0.717, 1.165) is 24.3 Å². The average Bonchev–Trinajstić information content (AvgIpc) is 3.17. The summed E-state index contributed by atoms with van der Waals surface area (Å²) < 4.78 is 2.44. The fourth-order valence-electron chi connectivity index (χ4n) is 4.90. The maximum Gasteiger partial charge on any atom is 0.141 e. The predicted octanol–water partition coefficient (Wildman–Crippen LogP) is 7.40. The Labute approximate surface area is 179 Å². The van der Waals surface area contributed by atoms with Gasteiger partial charge in [0, 0.05) is 18.2 Å². The third-order valence-electron chi connectivity index (χ3n) is 6.51. The van der Waals surface area contributed by atoms with E-state index in [2.05, 4.69) is 77.5 Å². The summed E-state index contributed by atoms with van der Waals surface area (Å²) in [5, 5.41) is 6.37. The molecule has 1 saturated carbocycles. The molecule has 0 radical (unpaired) electrons. The quantitative estimate of drug-likeness (QED) is 0.367. The molecule has 3 aromatic carbocycles. The van der Waals surface area contributed by atoms with Crippen LogP contribution in [0.2, 0.25) is 0 Å². The molecule has 1 aromatic heterocycles. The number of unbranched alkanes of at least 4 members (excludes halogenated alkanes) is 1. The van der Waals surface area contributed by atoms with Crippen LogP contribution in [0.4, 0.5) is 5.69 Å². The number of hydrogen-bond donors (Lipinski definition) is 1. The van der Waals surface area contributed by atoms with Gasteiger partial charge in [0.05, 0.1) is 11.2 Å². The van der Waals surface area contributed by atoms with Crippen LogP contribution < -0.4 is 5.32 Å². The van der Waals surface area contributed by atoms with Crippen molar-refractivity contribution in [2.45, 2.75) is 64.5 Å². The zero-order valence-corrected chi connectivity index (χ0v) is 17.9. The van der Waals surface area contributed by atoms with E-state index in [1.54, 1.807) is 0 Å². The fraction of sp³-hybridized carbons (Fsp3) is 0.370. The van der Waals surface area contributed by atoms with Crippen molar-refractivity contribution in [2.24, 2.45) is 0 Å². The Balaban J connectivity index is 1.66. The smallest absolute Gasteiger partial charge is 0.141 e. The Morgan fingerprint density at radius 1 is 0.933 bits per heavy atom. The van der Waals surface area contributed by atoms with Crippen molar-refractivity contribution >= 4 is 27.5 Å². The molecule has 3 heteroatoms. The number of fused-ring (bicyclic) bond motifs is 2. The number of nitrogens with zero attached hydrogens (tertiary/aromatic N) is 2. The van der Waals surface area contributed by atoms with Gasteiger partial charge in [-0.3, -0.25) is 0 Å². The van der Waals surface area contributed by atoms with Crippen LogP contribution in [0, 0.1) is 0 Å². The summed E-state index contributed by atoms with van der Waals surface area (Å²) in [5.41, 5.74) is 4.77. The van der Waals surface area contributed by atoms with E-state index in [1.165, 1.54) is 66.1 Å². The molecule has 4 aromatic rings. The standard InChI is InChI=1S/C27H31N3/c1-2-3-19-30-25-18-10-17-24(28-21-13-5-4-6-14-21)26(25)29-27(30)23-16-9-12-20-11-7-8-15-22(20)23/h7-12,15-18,21,28H,2-6,13-14,19H2,1H3. The summed E-state index contributed by atoms with van der Waals surface area (Å²) in [7, 11) is 0. The number of aryl methyl sites for hydroxylation is 1. The van der Waals surface area contributed by atoms with Crippen LogP contribution in [-0.2, 0) is 6.54 Å². The SMILES string of the molecule is CCCCn1c(-c2cccc3ccccc23)nc2c(NC3CCCCC3)cccc21. The first-order valence-electron chi connectivity index (χ1n) is 11.6. The van der Waals surface area contributed by atoms with Crippen molar-refractivity contribution in [3.05, 3.63) is 60.7 Å². The lowest BCUT2D eigenvalue weighted by Gasteiger charge is -2.24. The molecule has 1 aliphatic rings. The molecule has 1 aliphatic carbocycles. The maximum atomic E-state index is 5.25. The molecule has 1 fully saturated rings. The Morgan fingerprint density at radius 2 is 1.73 bits per heavy atom. The van der Waals surface area contributed by atoms with Crippen LogP contribution in [0.3, 0.4) is 0 Å². The minimum atomic E-state index is 0.575. The first kappa shape index (κ1) is 19.2. The minimum absolute atomic E-state index is 0.575. The maximum absolute atomic E-state index is 5.25. The molecule has 0 saturated heterocycles. The molecule has 1 N–H and O–H groups in total. The Kier molecular flexibility index (Phi) is 5.44. The third-order valence-corrected chi connectivity index (χ3v) is 6.51. The summed E-state index contributed by atoms with van der Waals surface area (Å²) in [6.45, 7) is 3.26. The van der Waals surface area contributed by atoms with E-state index < -0.39 is 0 Å². The zero-order chi connectivity index (χ0) is 20.3. The van der Waals surface area contributed by atoms with Crippen molar-refractivity contribution in [2.75, 3.05) is 5.32 Å². The lowest BCUT2D eigenvalue weighted by Crippen LogP contribution is -2.22. The highest BCUT2D eigenvalue weighted by molar-refractivity contribution is 5.98. The van der Waals surface area contributed by atoms with Crippen LogP contribution in [0.5, 0.6) is 0 Å². The summed E-state index contributed by atoms with van der Waals surface area (Å²) >= 11 is 0. The summed E-state index contributed by atoms with van der Waals surface area (Å²) in [5.74, 6) is 1.09. The topological polar surface area (TPSA) is 29.9 Å². The highest BCUT2D eigenvalue weighted by Crippen LogP contribution is 2.34. The van der Waals surface area contributed by atoms with Gasteiger partial charge in [-0.1, -0.05) is 81.1 Å². The molecule has 30 heavy (non-hydrogen) atoms. The second-order valence-electron chi connectivity index (χ2n) is 8.62. The molecule has 0 bridgehead atoms. The Bertz CT molecular complexity index is 1150. The van der Waals surface area contributed by atoms with Crippen LogP contribution in [0.1, 0.15) is 51.9 Å². The van der Waals surface area contributed by atoms with Gasteiger partial charge < -0.3 is 9.88 Å². The van der Waals surface area contributed by atoms with Crippen LogP contribution in [0.25, 0.3) is 33.2 Å². The van der Waals surface area contributed by atoms with E-state index in [-0.39, 0.29) is 0 Å². The Hall–Kier alpha value is -2.81. The highest BCUT2D eigenvalue weighted by atomic mass is 15.1. The van der Waals surface area contributed by atoms with Gasteiger partial charge >= 0.3 is 0 Å². The number of aromatic nitrogens is 2. The van der Waals surface area contributed by atoms with Crippen LogP contribution in [0.15, 0.2) is 60.7 Å². The van der Waals surface area contributed by atoms with Crippen molar-refractivity contribution < 1.29 is 0 Å². The predicted molar refractivity (Wildman–Crippen MR) is 128 cm³/mol. The molecule has 5 rings (SSSR count). The molecule has 0 unspecified atom stereocenters. The van der Waals surface area contributed by atoms with Gasteiger partial charge in [-0.15, -0.1) is 0 Å². The molecule has 0 amide bonds. The molecule has 1 heterocycles. The monoisotopic (exact) mass is 397 g/mol.